The number of carbonyl (C=O) groups is 4. The van der Waals surface area contributed by atoms with Crippen molar-refractivity contribution >= 4 is 45.9 Å². The number of nitrogens with zero attached hydrogens (tertiary/aromatic N) is 4. The molecule has 2 aromatic heterocycles. The molecule has 3 amide bonds. The smallest absolute Gasteiger partial charge is 0.407 e. The van der Waals surface area contributed by atoms with Crippen molar-refractivity contribution in [3.05, 3.63) is 72.1 Å². The van der Waals surface area contributed by atoms with Crippen molar-refractivity contribution < 1.29 is 33.0 Å². The second-order valence-electron chi connectivity index (χ2n) is 17.1. The summed E-state index contributed by atoms with van der Waals surface area (Å²) in [7, 11) is 2.61. The second-order valence-corrected chi connectivity index (χ2v) is 17.1. The van der Waals surface area contributed by atoms with Crippen molar-refractivity contribution in [2.45, 2.75) is 78.9 Å². The summed E-state index contributed by atoms with van der Waals surface area (Å²) >= 11 is 0. The maximum absolute atomic E-state index is 16.0. The van der Waals surface area contributed by atoms with Gasteiger partial charge in [-0.1, -0.05) is 65.8 Å². The maximum atomic E-state index is 16.0. The van der Waals surface area contributed by atoms with E-state index >= 15 is 4.39 Å². The first kappa shape index (κ1) is 41.4. The number of aromatic nitrogens is 4. The van der Waals surface area contributed by atoms with Crippen LogP contribution in [0.4, 0.5) is 9.18 Å². The summed E-state index contributed by atoms with van der Waals surface area (Å²) in [5, 5.41) is 2.69. The Morgan fingerprint density at radius 2 is 1.27 bits per heavy atom. The Morgan fingerprint density at radius 1 is 0.746 bits per heavy atom. The van der Waals surface area contributed by atoms with Crippen molar-refractivity contribution in [1.29, 1.82) is 0 Å². The van der Waals surface area contributed by atoms with Crippen LogP contribution in [-0.4, -0.2) is 87.0 Å². The van der Waals surface area contributed by atoms with Gasteiger partial charge in [-0.2, -0.15) is 0 Å². The van der Waals surface area contributed by atoms with Crippen LogP contribution < -0.4 is 5.32 Å². The third kappa shape index (κ3) is 8.40. The fourth-order valence-corrected chi connectivity index (χ4v) is 8.71. The van der Waals surface area contributed by atoms with Crippen LogP contribution in [0, 0.1) is 35.4 Å². The summed E-state index contributed by atoms with van der Waals surface area (Å²) in [5.41, 5.74) is 5.57. The molecule has 2 fully saturated rings. The quantitative estimate of drug-likeness (QED) is 0.113. The minimum absolute atomic E-state index is 0.0308. The number of alkyl carbamates (subject to hydrolysis) is 1. The molecule has 0 radical (unpaired) electrons. The SMILES string of the molecule is COC(=O)C[C@H](C(=O)N1C[C@@H](C)C[C@H]1c1nc2ccc(-c3ccc(-c4ccc5nc([C@@H]6C[C@H](C)CN6C(=O)[C@@H](NC(=O)OC)C(C)C)[nH]c5c4)c(F)c3)cc2[nH]1)C(C)C. The number of carbonyl (C=O) groups excluding carboxylic acids is 4. The summed E-state index contributed by atoms with van der Waals surface area (Å²) in [6.45, 7) is 13.0. The average Bonchev–Trinajstić information content (AvgIpc) is 4.01. The summed E-state index contributed by atoms with van der Waals surface area (Å²) in [6, 6.07) is 15.2. The third-order valence-electron chi connectivity index (χ3n) is 12.0. The highest BCUT2D eigenvalue weighted by Gasteiger charge is 2.41. The average molecular weight is 808 g/mol. The van der Waals surface area contributed by atoms with Gasteiger partial charge in [-0.15, -0.1) is 0 Å². The van der Waals surface area contributed by atoms with E-state index in [4.69, 9.17) is 19.4 Å². The predicted molar refractivity (Wildman–Crippen MR) is 222 cm³/mol. The number of likely N-dealkylation sites (tertiary alicyclic amines) is 2. The van der Waals surface area contributed by atoms with Gasteiger partial charge in [-0.05, 0) is 83.5 Å². The van der Waals surface area contributed by atoms with Crippen molar-refractivity contribution in [3.8, 4) is 22.3 Å². The zero-order chi connectivity index (χ0) is 42.3. The molecular formula is C45H54FN7O6. The molecule has 4 heterocycles. The molecule has 2 saturated heterocycles. The van der Waals surface area contributed by atoms with Gasteiger partial charge in [0.1, 0.15) is 23.5 Å². The van der Waals surface area contributed by atoms with E-state index in [0.717, 1.165) is 28.5 Å². The Labute approximate surface area is 343 Å². The summed E-state index contributed by atoms with van der Waals surface area (Å²) in [4.78, 5) is 72.1. The number of ether oxygens (including phenoxy) is 2. The number of aromatic amines is 2. The molecule has 0 unspecified atom stereocenters. The number of benzene rings is 3. The molecule has 13 nitrogen and oxygen atoms in total. The van der Waals surface area contributed by atoms with Crippen LogP contribution in [0.5, 0.6) is 0 Å². The first-order valence-corrected chi connectivity index (χ1v) is 20.5. The van der Waals surface area contributed by atoms with Crippen LogP contribution in [0.15, 0.2) is 54.6 Å². The molecule has 0 saturated carbocycles. The van der Waals surface area contributed by atoms with Gasteiger partial charge in [0.05, 0.1) is 60.7 Å². The lowest BCUT2D eigenvalue weighted by Gasteiger charge is -2.30. The number of imidazole rings is 2. The van der Waals surface area contributed by atoms with Crippen molar-refractivity contribution in [1.82, 2.24) is 35.1 Å². The number of methoxy groups -OCH3 is 2. The molecular weight excluding hydrogens is 754 g/mol. The number of hydrogen-bond donors (Lipinski definition) is 3. The minimum Gasteiger partial charge on any atom is -0.469 e. The van der Waals surface area contributed by atoms with Crippen molar-refractivity contribution in [2.24, 2.45) is 29.6 Å². The Morgan fingerprint density at radius 3 is 1.80 bits per heavy atom. The summed E-state index contributed by atoms with van der Waals surface area (Å²) in [5.74, 6) is 0.0806. The molecule has 3 N–H and O–H groups in total. The summed E-state index contributed by atoms with van der Waals surface area (Å²) in [6.07, 6.45) is 0.825. The molecule has 14 heteroatoms. The zero-order valence-electron chi connectivity index (χ0n) is 35.0. The van der Waals surface area contributed by atoms with Gasteiger partial charge < -0.3 is 34.6 Å². The van der Waals surface area contributed by atoms with Crippen molar-refractivity contribution in [2.75, 3.05) is 27.3 Å². The maximum Gasteiger partial charge on any atom is 0.407 e. The number of halogens is 1. The second kappa shape index (κ2) is 16.8. The van der Waals surface area contributed by atoms with E-state index in [2.05, 4.69) is 29.1 Å². The molecule has 0 bridgehead atoms. The van der Waals surface area contributed by atoms with Gasteiger partial charge in [-0.3, -0.25) is 14.4 Å². The number of rotatable bonds is 11. The van der Waals surface area contributed by atoms with Crippen LogP contribution in [0.25, 0.3) is 44.3 Å². The highest BCUT2D eigenvalue weighted by atomic mass is 19.1. The molecule has 5 aromatic rings. The number of fused-ring (bicyclic) bond motifs is 2. The van der Waals surface area contributed by atoms with Gasteiger partial charge in [0.25, 0.3) is 0 Å². The molecule has 59 heavy (non-hydrogen) atoms. The number of nitrogens with one attached hydrogen (secondary N) is 3. The Kier molecular flexibility index (Phi) is 11.8. The van der Waals surface area contributed by atoms with Gasteiger partial charge in [-0.25, -0.2) is 19.2 Å². The molecule has 0 aliphatic carbocycles. The third-order valence-corrected chi connectivity index (χ3v) is 12.0. The number of hydrogen-bond acceptors (Lipinski definition) is 8. The topological polar surface area (TPSA) is 163 Å². The van der Waals surface area contributed by atoms with Gasteiger partial charge >= 0.3 is 12.1 Å². The van der Waals surface area contributed by atoms with Crippen LogP contribution in [0.3, 0.4) is 0 Å². The fraction of sp³-hybridized carbons (Fsp3) is 0.467. The number of H-pyrrole nitrogens is 2. The minimum atomic E-state index is -0.746. The lowest BCUT2D eigenvalue weighted by atomic mass is 9.91. The molecule has 3 aromatic carbocycles. The Balaban J connectivity index is 1.10. The van der Waals surface area contributed by atoms with Gasteiger partial charge in [0.2, 0.25) is 11.8 Å². The van der Waals surface area contributed by atoms with Gasteiger partial charge in [0.15, 0.2) is 0 Å². The van der Waals surface area contributed by atoms with Crippen LogP contribution >= 0.6 is 0 Å². The highest BCUT2D eigenvalue weighted by Crippen LogP contribution is 2.39. The Bertz CT molecular complexity index is 2390. The van der Waals surface area contributed by atoms with E-state index in [1.807, 2.05) is 75.1 Å². The monoisotopic (exact) mass is 807 g/mol. The molecule has 6 atom stereocenters. The molecule has 2 aliphatic heterocycles. The summed E-state index contributed by atoms with van der Waals surface area (Å²) < 4.78 is 25.7. The van der Waals surface area contributed by atoms with E-state index in [-0.39, 0.29) is 59.8 Å². The zero-order valence-corrected chi connectivity index (χ0v) is 35.0. The molecule has 312 valence electrons. The van der Waals surface area contributed by atoms with E-state index in [9.17, 15) is 19.2 Å². The fourth-order valence-electron chi connectivity index (χ4n) is 8.71. The standard InChI is InChI=1S/C45H54FN7O6/c1-23(2)31(20-39(54)58-7)43(55)52-21-25(5)15-37(52)41-47-33-13-10-28(18-35(33)49-41)27-9-12-30(32(46)17-27)29-11-14-34-36(19-29)50-42(48-34)38-16-26(6)22-53(38)44(56)40(24(3)4)51-45(57)59-8/h9-14,17-19,23-26,31,37-38,40H,15-16,20-22H2,1-8H3,(H,47,49)(H,48,50)(H,51,57)/t25-,26-,31-,37-,38-,40-/m0/s1. The predicted octanol–water partition coefficient (Wildman–Crippen LogP) is 7.95. The van der Waals surface area contributed by atoms with E-state index < -0.39 is 24.0 Å². The highest BCUT2D eigenvalue weighted by molar-refractivity contribution is 5.88. The number of esters is 1. The molecule has 0 spiro atoms. The van der Waals surface area contributed by atoms with E-state index in [0.29, 0.717) is 53.4 Å². The Hall–Kier alpha value is -5.79. The van der Waals surface area contributed by atoms with Crippen LogP contribution in [-0.2, 0) is 23.9 Å². The lowest BCUT2D eigenvalue weighted by Crippen LogP contribution is -2.51. The van der Waals surface area contributed by atoms with Gasteiger partial charge in [0, 0.05) is 18.7 Å². The van der Waals surface area contributed by atoms with Crippen LogP contribution in [0.1, 0.15) is 84.5 Å². The number of amides is 3. The van der Waals surface area contributed by atoms with E-state index in [1.54, 1.807) is 11.0 Å². The lowest BCUT2D eigenvalue weighted by molar-refractivity contribution is -0.148. The molecule has 7 rings (SSSR count). The largest absolute Gasteiger partial charge is 0.469 e. The molecule has 2 aliphatic rings. The van der Waals surface area contributed by atoms with E-state index in [1.165, 1.54) is 20.3 Å². The first-order chi connectivity index (χ1) is 28.1. The normalized spacial score (nSPS) is 20.5. The van der Waals surface area contributed by atoms with Crippen molar-refractivity contribution in [3.63, 3.8) is 0 Å². The van der Waals surface area contributed by atoms with Crippen LogP contribution in [0.2, 0.25) is 0 Å². The first-order valence-electron chi connectivity index (χ1n) is 20.5.